The average molecular weight is 219 g/mol. The lowest BCUT2D eigenvalue weighted by molar-refractivity contribution is 0.362. The highest BCUT2D eigenvalue weighted by Crippen LogP contribution is 2.30. The van der Waals surface area contributed by atoms with Crippen molar-refractivity contribution in [2.45, 2.75) is 39.7 Å². The Bertz CT molecular complexity index is 375. The Balaban J connectivity index is 2.31. The molecule has 1 saturated heterocycles. The molecule has 0 spiro atoms. The number of aromatic nitrogens is 1. The summed E-state index contributed by atoms with van der Waals surface area (Å²) in [6.07, 6.45) is 2.55. The van der Waals surface area contributed by atoms with Crippen LogP contribution in [0.15, 0.2) is 12.1 Å². The number of piperidine rings is 1. The fourth-order valence-corrected chi connectivity index (χ4v) is 2.42. The Morgan fingerprint density at radius 1 is 1.38 bits per heavy atom. The Morgan fingerprint density at radius 2 is 2.12 bits per heavy atom. The maximum absolute atomic E-state index is 6.02. The summed E-state index contributed by atoms with van der Waals surface area (Å²) in [7, 11) is 0. The van der Waals surface area contributed by atoms with Crippen LogP contribution in [-0.4, -0.2) is 17.6 Å². The standard InChI is InChI=1S/C13H21N3/c1-9-5-4-8-16(11(9)3)13-12(14)7-6-10(2)15-13/h6-7,9,11H,4-5,8,14H2,1-3H3. The van der Waals surface area contributed by atoms with E-state index in [-0.39, 0.29) is 0 Å². The number of nitrogens with two attached hydrogens (primary N) is 1. The fourth-order valence-electron chi connectivity index (χ4n) is 2.42. The Hall–Kier alpha value is -1.25. The maximum atomic E-state index is 6.02. The van der Waals surface area contributed by atoms with Gasteiger partial charge < -0.3 is 10.6 Å². The summed E-state index contributed by atoms with van der Waals surface area (Å²) in [6, 6.07) is 4.46. The van der Waals surface area contributed by atoms with Crippen molar-refractivity contribution in [2.24, 2.45) is 5.92 Å². The molecule has 88 valence electrons. The molecule has 2 heterocycles. The summed E-state index contributed by atoms with van der Waals surface area (Å²) in [5, 5.41) is 0. The molecular weight excluding hydrogens is 198 g/mol. The lowest BCUT2D eigenvalue weighted by Crippen LogP contribution is -2.43. The van der Waals surface area contributed by atoms with E-state index >= 15 is 0 Å². The molecule has 2 N–H and O–H groups in total. The third-order valence-electron chi connectivity index (χ3n) is 3.69. The van der Waals surface area contributed by atoms with Crippen LogP contribution in [0.4, 0.5) is 11.5 Å². The van der Waals surface area contributed by atoms with Gasteiger partial charge in [-0.2, -0.15) is 0 Å². The number of anilines is 2. The number of nitrogens with zero attached hydrogens (tertiary/aromatic N) is 2. The van der Waals surface area contributed by atoms with Crippen LogP contribution in [0, 0.1) is 12.8 Å². The van der Waals surface area contributed by atoms with Crippen LogP contribution in [0.3, 0.4) is 0 Å². The molecule has 0 radical (unpaired) electrons. The zero-order valence-electron chi connectivity index (χ0n) is 10.4. The van der Waals surface area contributed by atoms with Gasteiger partial charge in [0.2, 0.25) is 0 Å². The SMILES string of the molecule is Cc1ccc(N)c(N2CCCC(C)C2C)n1. The van der Waals surface area contributed by atoms with E-state index in [0.717, 1.165) is 29.7 Å². The minimum atomic E-state index is 0.533. The normalized spacial score (nSPS) is 25.8. The summed E-state index contributed by atoms with van der Waals surface area (Å²) in [4.78, 5) is 6.94. The van der Waals surface area contributed by atoms with Crippen molar-refractivity contribution >= 4 is 11.5 Å². The lowest BCUT2D eigenvalue weighted by atomic mass is 9.92. The van der Waals surface area contributed by atoms with E-state index in [1.165, 1.54) is 12.8 Å². The third kappa shape index (κ3) is 1.99. The van der Waals surface area contributed by atoms with Crippen LogP contribution >= 0.6 is 0 Å². The van der Waals surface area contributed by atoms with Gasteiger partial charge in [0.25, 0.3) is 0 Å². The minimum Gasteiger partial charge on any atom is -0.396 e. The van der Waals surface area contributed by atoms with Crippen LogP contribution in [-0.2, 0) is 0 Å². The molecule has 2 rings (SSSR count). The van der Waals surface area contributed by atoms with Crippen LogP contribution in [0.2, 0.25) is 0 Å². The second-order valence-electron chi connectivity index (χ2n) is 4.92. The minimum absolute atomic E-state index is 0.533. The van der Waals surface area contributed by atoms with Gasteiger partial charge in [-0.15, -0.1) is 0 Å². The summed E-state index contributed by atoms with van der Waals surface area (Å²) in [5.41, 5.74) is 7.86. The summed E-state index contributed by atoms with van der Waals surface area (Å²) in [5.74, 6) is 1.69. The van der Waals surface area contributed by atoms with E-state index in [4.69, 9.17) is 5.73 Å². The molecule has 1 aromatic rings. The molecule has 1 fully saturated rings. The van der Waals surface area contributed by atoms with E-state index in [1.54, 1.807) is 0 Å². The van der Waals surface area contributed by atoms with Crippen LogP contribution < -0.4 is 10.6 Å². The first-order valence-corrected chi connectivity index (χ1v) is 6.09. The smallest absolute Gasteiger partial charge is 0.152 e. The maximum Gasteiger partial charge on any atom is 0.152 e. The monoisotopic (exact) mass is 219 g/mol. The summed E-state index contributed by atoms with van der Waals surface area (Å²) in [6.45, 7) is 7.67. The number of hydrogen-bond donors (Lipinski definition) is 1. The lowest BCUT2D eigenvalue weighted by Gasteiger charge is -2.39. The zero-order valence-corrected chi connectivity index (χ0v) is 10.4. The number of rotatable bonds is 1. The highest BCUT2D eigenvalue weighted by atomic mass is 15.2. The van der Waals surface area contributed by atoms with E-state index in [1.807, 2.05) is 19.1 Å². The Kier molecular flexibility index (Phi) is 3.03. The highest BCUT2D eigenvalue weighted by molar-refractivity contribution is 5.63. The number of nitrogen functional groups attached to an aromatic ring is 1. The number of hydrogen-bond acceptors (Lipinski definition) is 3. The highest BCUT2D eigenvalue weighted by Gasteiger charge is 2.26. The fraction of sp³-hybridized carbons (Fsp3) is 0.615. The molecule has 0 amide bonds. The molecular formula is C13H21N3. The second-order valence-corrected chi connectivity index (χ2v) is 4.92. The van der Waals surface area contributed by atoms with Crippen LogP contribution in [0.25, 0.3) is 0 Å². The van der Waals surface area contributed by atoms with Crippen LogP contribution in [0.1, 0.15) is 32.4 Å². The third-order valence-corrected chi connectivity index (χ3v) is 3.69. The molecule has 3 heteroatoms. The van der Waals surface area contributed by atoms with Crippen molar-refractivity contribution in [3.63, 3.8) is 0 Å². The number of pyridine rings is 1. The molecule has 0 aliphatic carbocycles. The molecule has 1 aromatic heterocycles. The number of aryl methyl sites for hydroxylation is 1. The Labute approximate surface area is 97.7 Å². The molecule has 1 aliphatic rings. The first kappa shape index (κ1) is 11.2. The van der Waals surface area contributed by atoms with Gasteiger partial charge in [-0.1, -0.05) is 6.92 Å². The van der Waals surface area contributed by atoms with Gasteiger partial charge in [0.05, 0.1) is 5.69 Å². The van der Waals surface area contributed by atoms with Crippen molar-refractivity contribution in [2.75, 3.05) is 17.2 Å². The zero-order chi connectivity index (χ0) is 11.7. The average Bonchev–Trinajstić information content (AvgIpc) is 2.26. The largest absolute Gasteiger partial charge is 0.396 e. The molecule has 3 nitrogen and oxygen atoms in total. The van der Waals surface area contributed by atoms with Crippen molar-refractivity contribution in [3.05, 3.63) is 17.8 Å². The van der Waals surface area contributed by atoms with Gasteiger partial charge in [-0.05, 0) is 44.7 Å². The molecule has 0 bridgehead atoms. The summed E-state index contributed by atoms with van der Waals surface area (Å²) < 4.78 is 0. The summed E-state index contributed by atoms with van der Waals surface area (Å²) >= 11 is 0. The van der Waals surface area contributed by atoms with Crippen molar-refractivity contribution in [3.8, 4) is 0 Å². The van der Waals surface area contributed by atoms with Gasteiger partial charge in [0, 0.05) is 18.3 Å². The first-order valence-electron chi connectivity index (χ1n) is 6.09. The van der Waals surface area contributed by atoms with Gasteiger partial charge >= 0.3 is 0 Å². The first-order chi connectivity index (χ1) is 7.59. The van der Waals surface area contributed by atoms with Crippen molar-refractivity contribution in [1.29, 1.82) is 0 Å². The Morgan fingerprint density at radius 3 is 2.88 bits per heavy atom. The molecule has 1 aliphatic heterocycles. The van der Waals surface area contributed by atoms with E-state index in [9.17, 15) is 0 Å². The van der Waals surface area contributed by atoms with Gasteiger partial charge in [0.15, 0.2) is 5.82 Å². The van der Waals surface area contributed by atoms with Crippen molar-refractivity contribution in [1.82, 2.24) is 4.98 Å². The molecule has 0 saturated carbocycles. The molecule has 2 unspecified atom stereocenters. The quantitative estimate of drug-likeness (QED) is 0.789. The van der Waals surface area contributed by atoms with Crippen LogP contribution in [0.5, 0.6) is 0 Å². The molecule has 2 atom stereocenters. The topological polar surface area (TPSA) is 42.1 Å². The molecule has 16 heavy (non-hydrogen) atoms. The predicted molar refractivity (Wildman–Crippen MR) is 68.6 cm³/mol. The van der Waals surface area contributed by atoms with E-state index in [0.29, 0.717) is 6.04 Å². The predicted octanol–water partition coefficient (Wildman–Crippen LogP) is 2.60. The molecule has 0 aromatic carbocycles. The van der Waals surface area contributed by atoms with E-state index in [2.05, 4.69) is 23.7 Å². The van der Waals surface area contributed by atoms with E-state index < -0.39 is 0 Å². The van der Waals surface area contributed by atoms with Gasteiger partial charge in [-0.25, -0.2) is 4.98 Å². The van der Waals surface area contributed by atoms with Crippen molar-refractivity contribution < 1.29 is 0 Å². The van der Waals surface area contributed by atoms with Gasteiger partial charge in [0.1, 0.15) is 0 Å². The second kappa shape index (κ2) is 4.32. The van der Waals surface area contributed by atoms with Gasteiger partial charge in [-0.3, -0.25) is 0 Å².